The maximum Gasteiger partial charge on any atom is 0.266 e. The molecule has 2 aromatic heterocycles. The molecular formula is C10H11N3O2. The Labute approximate surface area is 86.3 Å². The first kappa shape index (κ1) is 9.79. The van der Waals surface area contributed by atoms with Gasteiger partial charge in [-0.15, -0.1) is 0 Å². The number of Topliss-reactive ketones (excluding diaryl/α,β-unsaturated/α-hetero) is 1. The van der Waals surface area contributed by atoms with Crippen molar-refractivity contribution in [1.29, 1.82) is 0 Å². The van der Waals surface area contributed by atoms with Gasteiger partial charge in [-0.05, 0) is 12.1 Å². The Balaban J connectivity index is 2.41. The largest absolute Gasteiger partial charge is 0.432 e. The van der Waals surface area contributed by atoms with E-state index in [-0.39, 0.29) is 24.1 Å². The van der Waals surface area contributed by atoms with Crippen molar-refractivity contribution in [2.24, 2.45) is 11.7 Å². The van der Waals surface area contributed by atoms with Gasteiger partial charge in [0.25, 0.3) is 5.89 Å². The van der Waals surface area contributed by atoms with Crippen LogP contribution in [0, 0.1) is 5.92 Å². The predicted molar refractivity (Wildman–Crippen MR) is 54.4 cm³/mol. The number of fused-ring (bicyclic) bond motifs is 1. The number of aromatic nitrogens is 2. The van der Waals surface area contributed by atoms with E-state index in [1.165, 1.54) is 0 Å². The van der Waals surface area contributed by atoms with Crippen molar-refractivity contribution in [1.82, 2.24) is 9.97 Å². The van der Waals surface area contributed by atoms with E-state index in [1.807, 2.05) is 0 Å². The van der Waals surface area contributed by atoms with Crippen LogP contribution in [-0.2, 0) is 0 Å². The summed E-state index contributed by atoms with van der Waals surface area (Å²) >= 11 is 0. The van der Waals surface area contributed by atoms with E-state index in [1.54, 1.807) is 25.3 Å². The lowest BCUT2D eigenvalue weighted by Crippen LogP contribution is -2.20. The molecule has 78 valence electrons. The van der Waals surface area contributed by atoms with E-state index in [9.17, 15) is 4.79 Å². The van der Waals surface area contributed by atoms with Crippen molar-refractivity contribution in [3.05, 3.63) is 24.2 Å². The number of oxazole rings is 1. The van der Waals surface area contributed by atoms with Crippen LogP contribution in [0.4, 0.5) is 0 Å². The zero-order valence-corrected chi connectivity index (χ0v) is 8.30. The number of carbonyl (C=O) groups excluding carboxylic acids is 1. The fourth-order valence-electron chi connectivity index (χ4n) is 1.19. The number of pyridine rings is 1. The Morgan fingerprint density at radius 2 is 2.47 bits per heavy atom. The first-order valence-corrected chi connectivity index (χ1v) is 4.68. The van der Waals surface area contributed by atoms with Crippen LogP contribution in [0.15, 0.2) is 22.7 Å². The van der Waals surface area contributed by atoms with E-state index < -0.39 is 0 Å². The Morgan fingerprint density at radius 1 is 1.67 bits per heavy atom. The minimum Gasteiger partial charge on any atom is -0.432 e. The predicted octanol–water partition coefficient (Wildman–Crippen LogP) is 1.00. The van der Waals surface area contributed by atoms with Crippen molar-refractivity contribution < 1.29 is 9.21 Å². The summed E-state index contributed by atoms with van der Waals surface area (Å²) in [5.74, 6) is -0.379. The van der Waals surface area contributed by atoms with Gasteiger partial charge in [-0.25, -0.2) is 4.98 Å². The van der Waals surface area contributed by atoms with Crippen LogP contribution < -0.4 is 5.73 Å². The molecule has 0 saturated carbocycles. The monoisotopic (exact) mass is 205 g/mol. The highest BCUT2D eigenvalue weighted by molar-refractivity contribution is 5.95. The van der Waals surface area contributed by atoms with E-state index in [2.05, 4.69) is 9.97 Å². The zero-order valence-electron chi connectivity index (χ0n) is 8.30. The molecular weight excluding hydrogens is 194 g/mol. The van der Waals surface area contributed by atoms with Gasteiger partial charge >= 0.3 is 0 Å². The van der Waals surface area contributed by atoms with Crippen molar-refractivity contribution in [3.63, 3.8) is 0 Å². The van der Waals surface area contributed by atoms with Gasteiger partial charge in [0.05, 0.1) is 0 Å². The molecule has 0 aliphatic rings. The van der Waals surface area contributed by atoms with Gasteiger partial charge in [0.2, 0.25) is 5.78 Å². The summed E-state index contributed by atoms with van der Waals surface area (Å²) in [6.07, 6.45) is 1.60. The van der Waals surface area contributed by atoms with Gasteiger partial charge in [-0.1, -0.05) is 6.92 Å². The molecule has 0 aliphatic carbocycles. The number of ketones is 1. The van der Waals surface area contributed by atoms with Crippen LogP contribution in [-0.4, -0.2) is 22.3 Å². The Kier molecular flexibility index (Phi) is 2.47. The average Bonchev–Trinajstić information content (AvgIpc) is 2.70. The molecule has 0 radical (unpaired) electrons. The highest BCUT2D eigenvalue weighted by atomic mass is 16.4. The lowest BCUT2D eigenvalue weighted by atomic mass is 10.1. The topological polar surface area (TPSA) is 82.0 Å². The van der Waals surface area contributed by atoms with Gasteiger partial charge in [0.1, 0.15) is 0 Å². The van der Waals surface area contributed by atoms with Crippen LogP contribution in [0.1, 0.15) is 17.6 Å². The van der Waals surface area contributed by atoms with Crippen LogP contribution >= 0.6 is 0 Å². The standard InChI is InChI=1S/C10H11N3O2/c1-6(5-11)8(14)10-13-9-7(15-10)3-2-4-12-9/h2-4,6H,5,11H2,1H3. The Morgan fingerprint density at radius 3 is 3.13 bits per heavy atom. The fourth-order valence-corrected chi connectivity index (χ4v) is 1.19. The minimum absolute atomic E-state index is 0.0849. The Bertz CT molecular complexity index is 459. The van der Waals surface area contributed by atoms with Crippen LogP contribution in [0.3, 0.4) is 0 Å². The molecule has 2 heterocycles. The average molecular weight is 205 g/mol. The third-order valence-electron chi connectivity index (χ3n) is 2.18. The molecule has 2 N–H and O–H groups in total. The van der Waals surface area contributed by atoms with E-state index >= 15 is 0 Å². The highest BCUT2D eigenvalue weighted by Crippen LogP contribution is 2.14. The summed E-state index contributed by atoms with van der Waals surface area (Å²) in [5, 5.41) is 0. The quantitative estimate of drug-likeness (QED) is 0.756. The molecule has 0 aliphatic heterocycles. The van der Waals surface area contributed by atoms with Crippen LogP contribution in [0.2, 0.25) is 0 Å². The van der Waals surface area contributed by atoms with E-state index in [0.29, 0.717) is 11.2 Å². The minimum atomic E-state index is -0.280. The number of hydrogen-bond donors (Lipinski definition) is 1. The third kappa shape index (κ3) is 1.73. The maximum absolute atomic E-state index is 11.7. The molecule has 0 aromatic carbocycles. The summed E-state index contributed by atoms with van der Waals surface area (Å²) in [4.78, 5) is 19.7. The summed E-state index contributed by atoms with van der Waals surface area (Å²) < 4.78 is 5.27. The summed E-state index contributed by atoms with van der Waals surface area (Å²) in [5.41, 5.74) is 6.37. The van der Waals surface area contributed by atoms with Gasteiger partial charge in [-0.3, -0.25) is 4.79 Å². The number of hydrogen-bond acceptors (Lipinski definition) is 5. The van der Waals surface area contributed by atoms with E-state index in [4.69, 9.17) is 10.2 Å². The van der Waals surface area contributed by atoms with Gasteiger partial charge < -0.3 is 10.2 Å². The molecule has 0 saturated heterocycles. The highest BCUT2D eigenvalue weighted by Gasteiger charge is 2.19. The lowest BCUT2D eigenvalue weighted by molar-refractivity contribution is 0.0901. The number of rotatable bonds is 3. The molecule has 2 rings (SSSR count). The second-order valence-corrected chi connectivity index (χ2v) is 3.35. The van der Waals surface area contributed by atoms with Crippen molar-refractivity contribution in [2.75, 3.05) is 6.54 Å². The Hall–Kier alpha value is -1.75. The maximum atomic E-state index is 11.7. The first-order chi connectivity index (χ1) is 7.22. The van der Waals surface area contributed by atoms with Crippen LogP contribution in [0.25, 0.3) is 11.2 Å². The second kappa shape index (κ2) is 3.78. The molecule has 0 bridgehead atoms. The fraction of sp³-hybridized carbons (Fsp3) is 0.300. The lowest BCUT2D eigenvalue weighted by Gasteiger charge is -2.01. The van der Waals surface area contributed by atoms with Gasteiger partial charge in [0, 0.05) is 18.7 Å². The summed E-state index contributed by atoms with van der Waals surface area (Å²) in [6.45, 7) is 2.02. The smallest absolute Gasteiger partial charge is 0.266 e. The molecule has 5 heteroatoms. The molecule has 1 atom stereocenters. The van der Waals surface area contributed by atoms with Crippen molar-refractivity contribution in [3.8, 4) is 0 Å². The van der Waals surface area contributed by atoms with Crippen LogP contribution in [0.5, 0.6) is 0 Å². The molecule has 1 unspecified atom stereocenters. The number of carbonyl (C=O) groups is 1. The molecule has 15 heavy (non-hydrogen) atoms. The normalized spacial score (nSPS) is 12.9. The summed E-state index contributed by atoms with van der Waals surface area (Å²) in [7, 11) is 0. The first-order valence-electron chi connectivity index (χ1n) is 4.68. The molecule has 0 fully saturated rings. The SMILES string of the molecule is CC(CN)C(=O)c1nc2ncccc2o1. The number of nitrogens with two attached hydrogens (primary N) is 1. The van der Waals surface area contributed by atoms with Gasteiger partial charge in [-0.2, -0.15) is 4.98 Å². The van der Waals surface area contributed by atoms with Crippen molar-refractivity contribution >= 4 is 17.0 Å². The number of nitrogens with zero attached hydrogens (tertiary/aromatic N) is 2. The zero-order chi connectivity index (χ0) is 10.8. The molecule has 0 amide bonds. The summed E-state index contributed by atoms with van der Waals surface area (Å²) in [6, 6.07) is 3.45. The molecule has 2 aromatic rings. The second-order valence-electron chi connectivity index (χ2n) is 3.35. The van der Waals surface area contributed by atoms with E-state index in [0.717, 1.165) is 0 Å². The van der Waals surface area contributed by atoms with Crippen molar-refractivity contribution in [2.45, 2.75) is 6.92 Å². The molecule has 5 nitrogen and oxygen atoms in total. The molecule has 0 spiro atoms. The van der Waals surface area contributed by atoms with Gasteiger partial charge in [0.15, 0.2) is 11.2 Å². The third-order valence-corrected chi connectivity index (χ3v) is 2.18.